The quantitative estimate of drug-likeness (QED) is 0.871. The average molecular weight is 345 g/mol. The highest BCUT2D eigenvalue weighted by Crippen LogP contribution is 2.17. The van der Waals surface area contributed by atoms with Crippen molar-refractivity contribution in [1.29, 1.82) is 0 Å². The molecular weight excluding hydrogens is 324 g/mol. The van der Waals surface area contributed by atoms with Gasteiger partial charge in [0.05, 0.1) is 6.42 Å². The number of aryl methyl sites for hydroxylation is 1. The summed E-state index contributed by atoms with van der Waals surface area (Å²) in [6.07, 6.45) is 1.32. The number of hydrogen-bond acceptors (Lipinski definition) is 2. The first-order chi connectivity index (χ1) is 11.5. The number of nitrogens with zero attached hydrogens (tertiary/aromatic N) is 1. The second kappa shape index (κ2) is 8.50. The molecule has 5 heteroatoms. The lowest BCUT2D eigenvalue weighted by molar-refractivity contribution is -0.128. The molecule has 0 bridgehead atoms. The number of carbonyl (C=O) groups is 2. The normalized spacial score (nSPS) is 10.3. The van der Waals surface area contributed by atoms with Gasteiger partial charge in [0, 0.05) is 31.2 Å². The summed E-state index contributed by atoms with van der Waals surface area (Å²) in [6.45, 7) is 0. The van der Waals surface area contributed by atoms with Crippen LogP contribution in [0.1, 0.15) is 17.5 Å². The number of benzene rings is 2. The monoisotopic (exact) mass is 344 g/mol. The summed E-state index contributed by atoms with van der Waals surface area (Å²) < 4.78 is 0. The standard InChI is InChI=1S/C19H21ClN2O2/c1-22(2)19(24)13-14-7-10-16(11-8-14)21-18(23)12-9-15-5-3-4-6-17(15)20/h3-8,10-11H,9,12-13H2,1-2H3,(H,21,23). The molecule has 0 aromatic heterocycles. The van der Waals surface area contributed by atoms with Crippen LogP contribution in [0.3, 0.4) is 0 Å². The smallest absolute Gasteiger partial charge is 0.226 e. The van der Waals surface area contributed by atoms with Crippen LogP contribution in [0, 0.1) is 0 Å². The van der Waals surface area contributed by atoms with Gasteiger partial charge in [0.2, 0.25) is 11.8 Å². The van der Waals surface area contributed by atoms with Crippen LogP contribution >= 0.6 is 11.6 Å². The Labute approximate surface area is 147 Å². The lowest BCUT2D eigenvalue weighted by Crippen LogP contribution is -2.23. The molecule has 2 rings (SSSR count). The largest absolute Gasteiger partial charge is 0.349 e. The van der Waals surface area contributed by atoms with Crippen LogP contribution in [0.25, 0.3) is 0 Å². The number of halogens is 1. The van der Waals surface area contributed by atoms with Crippen LogP contribution in [0.4, 0.5) is 5.69 Å². The van der Waals surface area contributed by atoms with Crippen molar-refractivity contribution in [2.75, 3.05) is 19.4 Å². The molecule has 0 atom stereocenters. The highest BCUT2D eigenvalue weighted by Gasteiger charge is 2.07. The van der Waals surface area contributed by atoms with Gasteiger partial charge in [0.25, 0.3) is 0 Å². The van der Waals surface area contributed by atoms with E-state index in [1.165, 1.54) is 0 Å². The van der Waals surface area contributed by atoms with Crippen LogP contribution in [0.15, 0.2) is 48.5 Å². The second-order valence-electron chi connectivity index (χ2n) is 5.80. The van der Waals surface area contributed by atoms with Crippen LogP contribution in [0.5, 0.6) is 0 Å². The summed E-state index contributed by atoms with van der Waals surface area (Å²) in [5, 5.41) is 3.54. The van der Waals surface area contributed by atoms with Gasteiger partial charge in [-0.2, -0.15) is 0 Å². The Morgan fingerprint density at radius 3 is 2.33 bits per heavy atom. The molecule has 126 valence electrons. The lowest BCUT2D eigenvalue weighted by Gasteiger charge is -2.11. The fourth-order valence-electron chi connectivity index (χ4n) is 2.21. The Balaban J connectivity index is 1.86. The molecule has 1 N–H and O–H groups in total. The first-order valence-corrected chi connectivity index (χ1v) is 8.16. The highest BCUT2D eigenvalue weighted by molar-refractivity contribution is 6.31. The third-order valence-corrected chi connectivity index (χ3v) is 4.04. The summed E-state index contributed by atoms with van der Waals surface area (Å²) >= 11 is 6.09. The van der Waals surface area contributed by atoms with Gasteiger partial charge >= 0.3 is 0 Å². The van der Waals surface area contributed by atoms with E-state index in [1.54, 1.807) is 19.0 Å². The van der Waals surface area contributed by atoms with Gasteiger partial charge in [0.15, 0.2) is 0 Å². The average Bonchev–Trinajstić information content (AvgIpc) is 2.56. The maximum Gasteiger partial charge on any atom is 0.226 e. The Bertz CT molecular complexity index is 712. The molecular formula is C19H21ClN2O2. The maximum atomic E-state index is 12.0. The highest BCUT2D eigenvalue weighted by atomic mass is 35.5. The zero-order valence-corrected chi connectivity index (χ0v) is 14.6. The molecule has 0 spiro atoms. The van der Waals surface area contributed by atoms with E-state index in [4.69, 9.17) is 11.6 Å². The van der Waals surface area contributed by atoms with Crippen LogP contribution in [-0.2, 0) is 22.4 Å². The third-order valence-electron chi connectivity index (χ3n) is 3.67. The summed E-state index contributed by atoms with van der Waals surface area (Å²) in [6, 6.07) is 14.9. The summed E-state index contributed by atoms with van der Waals surface area (Å²) in [5.74, 6) is -0.0152. The molecule has 2 aromatic carbocycles. The number of anilines is 1. The minimum Gasteiger partial charge on any atom is -0.349 e. The summed E-state index contributed by atoms with van der Waals surface area (Å²) in [7, 11) is 3.46. The number of likely N-dealkylation sites (N-methyl/N-ethyl adjacent to an activating group) is 1. The van der Waals surface area contributed by atoms with Crippen LogP contribution in [-0.4, -0.2) is 30.8 Å². The van der Waals surface area contributed by atoms with E-state index in [9.17, 15) is 9.59 Å². The van der Waals surface area contributed by atoms with Crippen LogP contribution in [0.2, 0.25) is 5.02 Å². The molecule has 0 heterocycles. The second-order valence-corrected chi connectivity index (χ2v) is 6.21. The van der Waals surface area contributed by atoms with Gasteiger partial charge in [-0.05, 0) is 35.7 Å². The molecule has 0 aliphatic rings. The van der Waals surface area contributed by atoms with Crippen molar-refractivity contribution in [3.8, 4) is 0 Å². The first kappa shape index (κ1) is 18.0. The third kappa shape index (κ3) is 5.39. The van der Waals surface area contributed by atoms with E-state index in [0.717, 1.165) is 16.8 Å². The topological polar surface area (TPSA) is 49.4 Å². The zero-order valence-electron chi connectivity index (χ0n) is 13.9. The molecule has 0 unspecified atom stereocenters. The van der Waals surface area contributed by atoms with Crippen molar-refractivity contribution in [2.24, 2.45) is 0 Å². The molecule has 0 fully saturated rings. The van der Waals surface area contributed by atoms with Crippen molar-refractivity contribution in [2.45, 2.75) is 19.3 Å². The minimum absolute atomic E-state index is 0.0477. The van der Waals surface area contributed by atoms with E-state index < -0.39 is 0 Å². The van der Waals surface area contributed by atoms with Gasteiger partial charge in [-0.15, -0.1) is 0 Å². The molecule has 24 heavy (non-hydrogen) atoms. The molecule has 0 saturated carbocycles. The Morgan fingerprint density at radius 1 is 1.04 bits per heavy atom. The van der Waals surface area contributed by atoms with Crippen molar-refractivity contribution in [3.05, 3.63) is 64.7 Å². The molecule has 0 saturated heterocycles. The van der Waals surface area contributed by atoms with Gasteiger partial charge in [0.1, 0.15) is 0 Å². The molecule has 0 radical (unpaired) electrons. The lowest BCUT2D eigenvalue weighted by atomic mass is 10.1. The van der Waals surface area contributed by atoms with Gasteiger partial charge in [-0.25, -0.2) is 0 Å². The van der Waals surface area contributed by atoms with Gasteiger partial charge in [-0.3, -0.25) is 9.59 Å². The first-order valence-electron chi connectivity index (χ1n) is 7.78. The number of rotatable bonds is 6. The Hall–Kier alpha value is -2.33. The minimum atomic E-state index is -0.0629. The molecule has 0 aliphatic heterocycles. The van der Waals surface area contributed by atoms with E-state index in [-0.39, 0.29) is 11.8 Å². The number of amides is 2. The summed E-state index contributed by atoms with van der Waals surface area (Å²) in [5.41, 5.74) is 2.61. The molecule has 2 aromatic rings. The van der Waals surface area contributed by atoms with Gasteiger partial charge < -0.3 is 10.2 Å². The SMILES string of the molecule is CN(C)C(=O)Cc1ccc(NC(=O)CCc2ccccc2Cl)cc1. The predicted molar refractivity (Wildman–Crippen MR) is 97.2 cm³/mol. The van der Waals surface area contributed by atoms with Crippen molar-refractivity contribution < 1.29 is 9.59 Å². The zero-order chi connectivity index (χ0) is 17.5. The van der Waals surface area contributed by atoms with Gasteiger partial charge in [-0.1, -0.05) is 41.9 Å². The fourth-order valence-corrected chi connectivity index (χ4v) is 2.44. The van der Waals surface area contributed by atoms with Crippen molar-refractivity contribution in [1.82, 2.24) is 4.90 Å². The van der Waals surface area contributed by atoms with Crippen molar-refractivity contribution in [3.63, 3.8) is 0 Å². The van der Waals surface area contributed by atoms with E-state index in [0.29, 0.717) is 24.3 Å². The van der Waals surface area contributed by atoms with Crippen LogP contribution < -0.4 is 5.32 Å². The Morgan fingerprint density at radius 2 is 1.71 bits per heavy atom. The van der Waals surface area contributed by atoms with E-state index >= 15 is 0 Å². The molecule has 2 amide bonds. The fraction of sp³-hybridized carbons (Fsp3) is 0.263. The molecule has 4 nitrogen and oxygen atoms in total. The van der Waals surface area contributed by atoms with E-state index in [1.807, 2.05) is 48.5 Å². The van der Waals surface area contributed by atoms with Crippen molar-refractivity contribution >= 4 is 29.1 Å². The molecule has 0 aliphatic carbocycles. The Kier molecular flexibility index (Phi) is 6.38. The maximum absolute atomic E-state index is 12.0. The predicted octanol–water partition coefficient (Wildman–Crippen LogP) is 3.54. The number of hydrogen-bond donors (Lipinski definition) is 1. The number of carbonyl (C=O) groups excluding carboxylic acids is 2. The van der Waals surface area contributed by atoms with E-state index in [2.05, 4.69) is 5.32 Å². The summed E-state index contributed by atoms with van der Waals surface area (Å²) in [4.78, 5) is 25.3. The number of nitrogens with one attached hydrogen (secondary N) is 1.